The molecule has 1 rings (SSSR count). The summed E-state index contributed by atoms with van der Waals surface area (Å²) in [4.78, 5) is 10.8. The van der Waals surface area contributed by atoms with Gasteiger partial charge >= 0.3 is 0 Å². The number of rotatable bonds is 1. The predicted octanol–water partition coefficient (Wildman–Crippen LogP) is 0.754. The highest BCUT2D eigenvalue weighted by Crippen LogP contribution is 2.11. The molecule has 0 fully saturated rings. The smallest absolute Gasteiger partial charge is 0.276 e. The Kier molecular flexibility index (Phi) is 2.57. The molecule has 0 spiro atoms. The molecular weight excluding hydrogens is 180 g/mol. The lowest BCUT2D eigenvalue weighted by molar-refractivity contribution is 0.107. The van der Waals surface area contributed by atoms with Crippen LogP contribution in [0.15, 0.2) is 24.3 Å². The Bertz CT molecular complexity index is 334. The number of hydrogen-bond acceptors (Lipinski definition) is 3. The van der Waals surface area contributed by atoms with Crippen LogP contribution in [0.4, 0.5) is 0 Å². The van der Waals surface area contributed by atoms with Crippen LogP contribution in [0, 0.1) is 0 Å². The van der Waals surface area contributed by atoms with Crippen LogP contribution < -0.4 is 0 Å². The molecular formula is C7H6O4S. The van der Waals surface area contributed by atoms with E-state index in [0.29, 0.717) is 0 Å². The van der Waals surface area contributed by atoms with Crippen molar-refractivity contribution in [1.82, 2.24) is 0 Å². The minimum Gasteiger partial charge on any atom is -0.508 e. The van der Waals surface area contributed by atoms with Crippen molar-refractivity contribution in [2.24, 2.45) is 0 Å². The molecule has 0 bridgehead atoms. The number of benzene rings is 1. The Morgan fingerprint density at radius 3 is 2.58 bits per heavy atom. The summed E-state index contributed by atoms with van der Waals surface area (Å²) in [5, 5.41) is 8.00. The molecule has 12 heavy (non-hydrogen) atoms. The maximum Gasteiger partial charge on any atom is 0.276 e. The first-order valence-electron chi connectivity index (χ1n) is 3.05. The van der Waals surface area contributed by atoms with Crippen LogP contribution in [0.1, 0.15) is 10.4 Å². The van der Waals surface area contributed by atoms with Gasteiger partial charge in [0.15, 0.2) is 0 Å². The number of carbonyl (C=O) groups is 1. The summed E-state index contributed by atoms with van der Waals surface area (Å²) in [5.74, 6) is -0.105. The molecule has 5 heteroatoms. The van der Waals surface area contributed by atoms with Gasteiger partial charge in [0, 0.05) is 5.56 Å². The molecule has 0 aliphatic heterocycles. The van der Waals surface area contributed by atoms with E-state index < -0.39 is 16.2 Å². The first-order valence-corrected chi connectivity index (χ1v) is 4.16. The van der Waals surface area contributed by atoms with Gasteiger partial charge < -0.3 is 5.11 Å². The number of hydrogen-bond donors (Lipinski definition) is 2. The van der Waals surface area contributed by atoms with Crippen molar-refractivity contribution < 1.29 is 18.7 Å². The quantitative estimate of drug-likeness (QED) is 0.635. The molecule has 64 valence electrons. The zero-order chi connectivity index (χ0) is 9.14. The molecule has 0 amide bonds. The lowest BCUT2D eigenvalue weighted by atomic mass is 10.2. The fourth-order valence-electron chi connectivity index (χ4n) is 0.734. The van der Waals surface area contributed by atoms with E-state index in [2.05, 4.69) is 0 Å². The molecule has 1 aromatic carbocycles. The Morgan fingerprint density at radius 1 is 1.42 bits per heavy atom. The summed E-state index contributed by atoms with van der Waals surface area (Å²) < 4.78 is 18.7. The zero-order valence-corrected chi connectivity index (χ0v) is 6.75. The van der Waals surface area contributed by atoms with Gasteiger partial charge in [-0.25, -0.2) is 4.21 Å². The van der Waals surface area contributed by atoms with Crippen molar-refractivity contribution in [2.45, 2.75) is 0 Å². The average Bonchev–Trinajstić information content (AvgIpc) is 2.03. The van der Waals surface area contributed by atoms with Crippen molar-refractivity contribution in [1.29, 1.82) is 0 Å². The van der Waals surface area contributed by atoms with Gasteiger partial charge in [-0.2, -0.15) is 0 Å². The lowest BCUT2D eigenvalue weighted by Gasteiger charge is -1.95. The molecule has 1 aromatic rings. The highest BCUT2D eigenvalue weighted by atomic mass is 32.2. The molecule has 0 aromatic heterocycles. The molecule has 0 aliphatic rings. The topological polar surface area (TPSA) is 74.6 Å². The fourth-order valence-corrected chi connectivity index (χ4v) is 1.06. The van der Waals surface area contributed by atoms with E-state index in [4.69, 9.17) is 9.66 Å². The number of phenols is 1. The van der Waals surface area contributed by atoms with Crippen LogP contribution in [0.3, 0.4) is 0 Å². The molecule has 4 nitrogen and oxygen atoms in total. The molecule has 1 unspecified atom stereocenters. The van der Waals surface area contributed by atoms with E-state index in [1.165, 1.54) is 18.2 Å². The normalized spacial score (nSPS) is 12.4. The Labute approximate surface area is 71.1 Å². The first kappa shape index (κ1) is 8.89. The minimum atomic E-state index is -2.52. The summed E-state index contributed by atoms with van der Waals surface area (Å²) in [6.07, 6.45) is 0. The van der Waals surface area contributed by atoms with Crippen molar-refractivity contribution in [3.05, 3.63) is 29.8 Å². The molecule has 0 heterocycles. The number of carbonyl (C=O) groups excluding carboxylic acids is 1. The summed E-state index contributed by atoms with van der Waals surface area (Å²) >= 11 is -2.52. The van der Waals surface area contributed by atoms with Crippen LogP contribution >= 0.6 is 0 Å². The maximum atomic E-state index is 10.8. The first-order chi connectivity index (χ1) is 5.61. The van der Waals surface area contributed by atoms with Gasteiger partial charge in [0.2, 0.25) is 11.1 Å². The Balaban J connectivity index is 3.04. The van der Waals surface area contributed by atoms with E-state index >= 15 is 0 Å². The molecule has 0 saturated heterocycles. The summed E-state index contributed by atoms with van der Waals surface area (Å²) in [6, 6.07) is 5.29. The fraction of sp³-hybridized carbons (Fsp3) is 0. The number of phenolic OH excluding ortho intramolecular Hbond substituents is 1. The monoisotopic (exact) mass is 186 g/mol. The Hall–Kier alpha value is -1.20. The van der Waals surface area contributed by atoms with Crippen molar-refractivity contribution in [3.63, 3.8) is 0 Å². The third-order valence-electron chi connectivity index (χ3n) is 1.24. The molecule has 1 atom stereocenters. The molecule has 0 radical (unpaired) electrons. The van der Waals surface area contributed by atoms with E-state index in [1.54, 1.807) is 0 Å². The highest BCUT2D eigenvalue weighted by Gasteiger charge is 2.11. The van der Waals surface area contributed by atoms with Crippen molar-refractivity contribution in [3.8, 4) is 5.75 Å². The van der Waals surface area contributed by atoms with E-state index in [9.17, 15) is 9.00 Å². The van der Waals surface area contributed by atoms with E-state index in [1.807, 2.05) is 0 Å². The Morgan fingerprint density at radius 2 is 2.08 bits per heavy atom. The second-order valence-electron chi connectivity index (χ2n) is 2.09. The van der Waals surface area contributed by atoms with Gasteiger partial charge in [-0.1, -0.05) is 12.1 Å². The SMILES string of the molecule is O=C(c1cccc(O)c1)S(=O)O. The minimum absolute atomic E-state index is 0.0239. The van der Waals surface area contributed by atoms with E-state index in [-0.39, 0.29) is 11.3 Å². The van der Waals surface area contributed by atoms with Crippen molar-refractivity contribution >= 4 is 16.2 Å². The van der Waals surface area contributed by atoms with Crippen molar-refractivity contribution in [2.75, 3.05) is 0 Å². The van der Waals surface area contributed by atoms with Gasteiger partial charge in [-0.05, 0) is 12.1 Å². The van der Waals surface area contributed by atoms with Gasteiger partial charge in [-0.15, -0.1) is 0 Å². The zero-order valence-electron chi connectivity index (χ0n) is 5.93. The molecule has 2 N–H and O–H groups in total. The van der Waals surface area contributed by atoms with Crippen LogP contribution in [0.25, 0.3) is 0 Å². The molecule has 0 aliphatic carbocycles. The second kappa shape index (κ2) is 3.46. The van der Waals surface area contributed by atoms with Gasteiger partial charge in [0.05, 0.1) is 0 Å². The third-order valence-corrected chi connectivity index (χ3v) is 1.79. The van der Waals surface area contributed by atoms with Crippen LogP contribution in [-0.4, -0.2) is 19.0 Å². The summed E-state index contributed by atoms with van der Waals surface area (Å²) in [7, 11) is 0. The lowest BCUT2D eigenvalue weighted by Crippen LogP contribution is -2.05. The highest BCUT2D eigenvalue weighted by molar-refractivity contribution is 7.95. The van der Waals surface area contributed by atoms with Crippen LogP contribution in [0.2, 0.25) is 0 Å². The largest absolute Gasteiger partial charge is 0.508 e. The maximum absolute atomic E-state index is 10.8. The summed E-state index contributed by atoms with van der Waals surface area (Å²) in [6.45, 7) is 0. The third kappa shape index (κ3) is 1.90. The summed E-state index contributed by atoms with van der Waals surface area (Å²) in [5.41, 5.74) is 0.0239. The van der Waals surface area contributed by atoms with Gasteiger partial charge in [-0.3, -0.25) is 9.35 Å². The molecule has 0 saturated carbocycles. The van der Waals surface area contributed by atoms with Gasteiger partial charge in [0.1, 0.15) is 5.75 Å². The van der Waals surface area contributed by atoms with Crippen LogP contribution in [0.5, 0.6) is 5.75 Å². The van der Waals surface area contributed by atoms with Crippen LogP contribution in [-0.2, 0) is 11.1 Å². The standard InChI is InChI=1S/C7H6O4S/c8-6-3-1-2-5(4-6)7(9)12(10)11/h1-4,8H,(H,10,11). The second-order valence-corrected chi connectivity index (χ2v) is 2.96. The average molecular weight is 186 g/mol. The number of aromatic hydroxyl groups is 1. The van der Waals surface area contributed by atoms with Gasteiger partial charge in [0.25, 0.3) is 5.12 Å². The predicted molar refractivity (Wildman–Crippen MR) is 43.2 cm³/mol. The van der Waals surface area contributed by atoms with E-state index in [0.717, 1.165) is 6.07 Å².